The number of ether oxygens (including phenoxy) is 1. The van der Waals surface area contributed by atoms with Crippen LogP contribution in [-0.4, -0.2) is 24.3 Å². The maximum Gasteiger partial charge on any atom is 0.344 e. The molecule has 0 spiro atoms. The minimum absolute atomic E-state index is 0.186. The van der Waals surface area contributed by atoms with Crippen molar-refractivity contribution in [2.75, 3.05) is 13.2 Å². The Morgan fingerprint density at radius 3 is 2.90 bits per heavy atom. The predicted molar refractivity (Wildman–Crippen MR) is 74.9 cm³/mol. The Bertz CT molecular complexity index is 620. The van der Waals surface area contributed by atoms with Crippen LogP contribution in [0, 0.1) is 0 Å². The Kier molecular flexibility index (Phi) is 3.96. The van der Waals surface area contributed by atoms with Gasteiger partial charge in [0.2, 0.25) is 0 Å². The van der Waals surface area contributed by atoms with Gasteiger partial charge in [-0.05, 0) is 6.92 Å². The van der Waals surface area contributed by atoms with Crippen LogP contribution < -0.4 is 16.4 Å². The van der Waals surface area contributed by atoms with Crippen LogP contribution in [0.1, 0.15) is 29.1 Å². The highest BCUT2D eigenvalue weighted by Gasteiger charge is 2.31. The second-order valence-electron chi connectivity index (χ2n) is 4.56. The number of carbonyl (C=O) groups is 1. The van der Waals surface area contributed by atoms with Gasteiger partial charge in [0.05, 0.1) is 12.6 Å². The Morgan fingerprint density at radius 2 is 2.24 bits per heavy atom. The highest BCUT2D eigenvalue weighted by Crippen LogP contribution is 2.30. The number of rotatable bonds is 4. The smallest absolute Gasteiger partial charge is 0.344 e. The van der Waals surface area contributed by atoms with E-state index in [0.29, 0.717) is 30.2 Å². The lowest BCUT2D eigenvalue weighted by molar-refractivity contribution is 0.0523. The van der Waals surface area contributed by atoms with Crippen LogP contribution in [0.5, 0.6) is 0 Å². The minimum atomic E-state index is -0.429. The molecule has 1 fully saturated rings. The largest absolute Gasteiger partial charge is 0.462 e. The van der Waals surface area contributed by atoms with E-state index in [0.717, 1.165) is 5.56 Å². The van der Waals surface area contributed by atoms with Gasteiger partial charge in [-0.1, -0.05) is 35.5 Å². The molecule has 2 heterocycles. The number of hydrogen-bond acceptors (Lipinski definition) is 7. The van der Waals surface area contributed by atoms with Crippen molar-refractivity contribution in [3.8, 4) is 11.3 Å². The highest BCUT2D eigenvalue weighted by molar-refractivity contribution is 5.97. The fraction of sp³-hybridized carbons (Fsp3) is 0.286. The fourth-order valence-corrected chi connectivity index (χ4v) is 2.23. The third kappa shape index (κ3) is 2.66. The van der Waals surface area contributed by atoms with Crippen molar-refractivity contribution in [2.45, 2.75) is 13.0 Å². The first-order valence-corrected chi connectivity index (χ1v) is 6.76. The SMILES string of the molecule is CCOC(=O)c1c(-c2ccccc2)noc1C1CNNN1. The van der Waals surface area contributed by atoms with Gasteiger partial charge in [-0.3, -0.25) is 0 Å². The van der Waals surface area contributed by atoms with E-state index in [1.54, 1.807) is 6.92 Å². The summed E-state index contributed by atoms with van der Waals surface area (Å²) in [5, 5.41) is 4.06. The van der Waals surface area contributed by atoms with Crippen molar-refractivity contribution in [3.63, 3.8) is 0 Å². The summed E-state index contributed by atoms with van der Waals surface area (Å²) in [6, 6.07) is 9.24. The molecule has 1 aromatic carbocycles. The van der Waals surface area contributed by atoms with Crippen LogP contribution in [0.2, 0.25) is 0 Å². The monoisotopic (exact) mass is 288 g/mol. The number of carbonyl (C=O) groups excluding carboxylic acids is 1. The van der Waals surface area contributed by atoms with E-state index in [2.05, 4.69) is 21.5 Å². The van der Waals surface area contributed by atoms with Gasteiger partial charge in [-0.15, -0.1) is 0 Å². The number of esters is 1. The van der Waals surface area contributed by atoms with Crippen molar-refractivity contribution in [1.82, 2.24) is 21.5 Å². The van der Waals surface area contributed by atoms with Gasteiger partial charge in [0.25, 0.3) is 0 Å². The Labute approximate surface area is 121 Å². The van der Waals surface area contributed by atoms with Crippen LogP contribution in [0.25, 0.3) is 11.3 Å². The van der Waals surface area contributed by atoms with Gasteiger partial charge in [0, 0.05) is 12.1 Å². The Hall–Kier alpha value is -2.22. The normalized spacial score (nSPS) is 17.9. The van der Waals surface area contributed by atoms with Gasteiger partial charge >= 0.3 is 5.97 Å². The van der Waals surface area contributed by atoms with E-state index in [-0.39, 0.29) is 6.04 Å². The van der Waals surface area contributed by atoms with Crippen molar-refractivity contribution in [2.24, 2.45) is 0 Å². The first-order chi connectivity index (χ1) is 10.3. The number of aromatic nitrogens is 1. The molecule has 0 aliphatic carbocycles. The topological polar surface area (TPSA) is 88.4 Å². The molecular formula is C14H16N4O3. The van der Waals surface area contributed by atoms with Crippen LogP contribution in [0.3, 0.4) is 0 Å². The molecule has 1 saturated heterocycles. The minimum Gasteiger partial charge on any atom is -0.462 e. The number of benzene rings is 1. The molecule has 0 radical (unpaired) electrons. The maximum absolute atomic E-state index is 12.3. The van der Waals surface area contributed by atoms with Crippen molar-refractivity contribution >= 4 is 5.97 Å². The average molecular weight is 288 g/mol. The summed E-state index contributed by atoms with van der Waals surface area (Å²) >= 11 is 0. The second kappa shape index (κ2) is 6.04. The van der Waals surface area contributed by atoms with Crippen LogP contribution in [-0.2, 0) is 4.74 Å². The molecular weight excluding hydrogens is 272 g/mol. The van der Waals surface area contributed by atoms with Gasteiger partial charge in [-0.2, -0.15) is 5.53 Å². The third-order valence-corrected chi connectivity index (χ3v) is 3.20. The summed E-state index contributed by atoms with van der Waals surface area (Å²) in [4.78, 5) is 12.3. The standard InChI is InChI=1S/C14H16N4O3/c1-2-20-14(19)11-12(9-6-4-3-5-7-9)17-21-13(11)10-8-15-18-16-10/h3-7,10,15-16,18H,2,8H2,1H3. The molecule has 3 N–H and O–H groups in total. The van der Waals surface area contributed by atoms with Gasteiger partial charge in [-0.25, -0.2) is 15.6 Å². The van der Waals surface area contributed by atoms with Crippen LogP contribution >= 0.6 is 0 Å². The first-order valence-electron chi connectivity index (χ1n) is 6.76. The summed E-state index contributed by atoms with van der Waals surface area (Å²) in [6.45, 7) is 2.65. The Balaban J connectivity index is 2.05. The second-order valence-corrected chi connectivity index (χ2v) is 4.56. The van der Waals surface area contributed by atoms with E-state index in [4.69, 9.17) is 9.26 Å². The summed E-state index contributed by atoms with van der Waals surface area (Å²) in [7, 11) is 0. The number of hydrogen-bond donors (Lipinski definition) is 3. The molecule has 7 heteroatoms. The van der Waals surface area contributed by atoms with Crippen molar-refractivity contribution < 1.29 is 14.1 Å². The number of hydrazine groups is 2. The summed E-state index contributed by atoms with van der Waals surface area (Å²) in [5.41, 5.74) is 10.3. The van der Waals surface area contributed by atoms with Crippen molar-refractivity contribution in [1.29, 1.82) is 0 Å². The summed E-state index contributed by atoms with van der Waals surface area (Å²) in [6.07, 6.45) is 0. The van der Waals surface area contributed by atoms with Gasteiger partial charge < -0.3 is 9.26 Å². The molecule has 1 aromatic heterocycles. The van der Waals surface area contributed by atoms with Crippen LogP contribution in [0.4, 0.5) is 0 Å². The molecule has 1 unspecified atom stereocenters. The molecule has 2 aromatic rings. The van der Waals surface area contributed by atoms with E-state index in [1.165, 1.54) is 0 Å². The average Bonchev–Trinajstić information content (AvgIpc) is 3.17. The van der Waals surface area contributed by atoms with Gasteiger partial charge in [0.1, 0.15) is 11.3 Å². The summed E-state index contributed by atoms with van der Waals surface area (Å²) < 4.78 is 10.5. The van der Waals surface area contributed by atoms with E-state index in [9.17, 15) is 4.79 Å². The molecule has 1 aliphatic heterocycles. The molecule has 0 amide bonds. The molecule has 1 atom stereocenters. The maximum atomic E-state index is 12.3. The van der Waals surface area contributed by atoms with Gasteiger partial charge in [0.15, 0.2) is 5.76 Å². The fourth-order valence-electron chi connectivity index (χ4n) is 2.23. The number of nitrogens with one attached hydrogen (secondary N) is 3. The third-order valence-electron chi connectivity index (χ3n) is 3.20. The lowest BCUT2D eigenvalue weighted by atomic mass is 10.0. The van der Waals surface area contributed by atoms with Crippen molar-refractivity contribution in [3.05, 3.63) is 41.7 Å². The number of nitrogens with zero attached hydrogens (tertiary/aromatic N) is 1. The van der Waals surface area contributed by atoms with E-state index < -0.39 is 5.97 Å². The molecule has 7 nitrogen and oxygen atoms in total. The molecule has 110 valence electrons. The lowest BCUT2D eigenvalue weighted by Crippen LogP contribution is -2.31. The molecule has 21 heavy (non-hydrogen) atoms. The molecule has 3 rings (SSSR count). The highest BCUT2D eigenvalue weighted by atomic mass is 16.5. The first kappa shape index (κ1) is 13.7. The van der Waals surface area contributed by atoms with E-state index in [1.807, 2.05) is 30.3 Å². The molecule has 0 saturated carbocycles. The zero-order valence-electron chi connectivity index (χ0n) is 11.6. The zero-order chi connectivity index (χ0) is 14.7. The molecule has 1 aliphatic rings. The Morgan fingerprint density at radius 1 is 1.43 bits per heavy atom. The zero-order valence-corrected chi connectivity index (χ0v) is 11.6. The lowest BCUT2D eigenvalue weighted by Gasteiger charge is -2.07. The summed E-state index contributed by atoms with van der Waals surface area (Å²) in [5.74, 6) is 0.0334. The quantitative estimate of drug-likeness (QED) is 0.728. The predicted octanol–water partition coefficient (Wildman–Crippen LogP) is 1.17. The molecule has 0 bridgehead atoms. The van der Waals surface area contributed by atoms with E-state index >= 15 is 0 Å². The van der Waals surface area contributed by atoms with Crippen LogP contribution in [0.15, 0.2) is 34.9 Å².